The van der Waals surface area contributed by atoms with Gasteiger partial charge in [-0.25, -0.2) is 4.79 Å². The monoisotopic (exact) mass is 233 g/mol. The smallest absolute Gasteiger partial charge is 0.414 e. The Hall–Kier alpha value is -1.71. The van der Waals surface area contributed by atoms with Gasteiger partial charge in [0, 0.05) is 13.0 Å². The molecular formula is C13H15NO3. The summed E-state index contributed by atoms with van der Waals surface area (Å²) >= 11 is 0. The highest BCUT2D eigenvalue weighted by molar-refractivity contribution is 5.90. The standard InChI is InChI=1S/C13H15NO3/c15-11-5-2-1-4-10(11)14-9-8-13(6-3-7-13)17-12(14)16/h1-2,4-5,15H,3,6-9H2. The Kier molecular flexibility index (Phi) is 2.24. The Morgan fingerprint density at radius 1 is 1.24 bits per heavy atom. The number of ether oxygens (including phenoxy) is 1. The maximum Gasteiger partial charge on any atom is 0.414 e. The molecule has 0 radical (unpaired) electrons. The predicted molar refractivity (Wildman–Crippen MR) is 63.1 cm³/mol. The zero-order valence-electron chi connectivity index (χ0n) is 9.56. The molecule has 1 spiro atoms. The van der Waals surface area contributed by atoms with Crippen LogP contribution >= 0.6 is 0 Å². The average molecular weight is 233 g/mol. The molecule has 4 heteroatoms. The van der Waals surface area contributed by atoms with Crippen molar-refractivity contribution in [1.82, 2.24) is 0 Å². The molecule has 0 aromatic heterocycles. The number of nitrogens with zero attached hydrogens (tertiary/aromatic N) is 1. The molecule has 0 atom stereocenters. The first-order valence-electron chi connectivity index (χ1n) is 5.99. The molecule has 0 unspecified atom stereocenters. The number of phenolic OH excluding ortho intramolecular Hbond substituents is 1. The second kappa shape index (κ2) is 3.65. The topological polar surface area (TPSA) is 49.8 Å². The first-order valence-corrected chi connectivity index (χ1v) is 5.99. The number of carbonyl (C=O) groups is 1. The van der Waals surface area contributed by atoms with Crippen LogP contribution in [0.25, 0.3) is 0 Å². The van der Waals surface area contributed by atoms with Crippen molar-refractivity contribution in [2.45, 2.75) is 31.3 Å². The number of anilines is 1. The van der Waals surface area contributed by atoms with Crippen LogP contribution in [-0.4, -0.2) is 23.3 Å². The van der Waals surface area contributed by atoms with Gasteiger partial charge in [0.1, 0.15) is 11.4 Å². The highest BCUT2D eigenvalue weighted by atomic mass is 16.6. The zero-order chi connectivity index (χ0) is 11.9. The molecule has 4 nitrogen and oxygen atoms in total. The van der Waals surface area contributed by atoms with Crippen molar-refractivity contribution in [3.05, 3.63) is 24.3 Å². The molecule has 90 valence electrons. The van der Waals surface area contributed by atoms with Crippen LogP contribution in [0.2, 0.25) is 0 Å². The van der Waals surface area contributed by atoms with Crippen LogP contribution in [0.5, 0.6) is 5.75 Å². The summed E-state index contributed by atoms with van der Waals surface area (Å²) in [5.41, 5.74) is 0.338. The molecular weight excluding hydrogens is 218 g/mol. The summed E-state index contributed by atoms with van der Waals surface area (Å²) < 4.78 is 5.51. The molecule has 1 aliphatic carbocycles. The molecule has 17 heavy (non-hydrogen) atoms. The molecule has 1 aromatic carbocycles. The number of rotatable bonds is 1. The van der Waals surface area contributed by atoms with Gasteiger partial charge in [-0.2, -0.15) is 0 Å². The van der Waals surface area contributed by atoms with Crippen molar-refractivity contribution in [1.29, 1.82) is 0 Å². The minimum Gasteiger partial charge on any atom is -0.506 e. The van der Waals surface area contributed by atoms with Crippen LogP contribution < -0.4 is 4.90 Å². The lowest BCUT2D eigenvalue weighted by atomic mass is 9.77. The Bertz CT molecular complexity index is 454. The van der Waals surface area contributed by atoms with Crippen molar-refractivity contribution < 1.29 is 14.6 Å². The van der Waals surface area contributed by atoms with Gasteiger partial charge < -0.3 is 9.84 Å². The van der Waals surface area contributed by atoms with Crippen LogP contribution in [0, 0.1) is 0 Å². The summed E-state index contributed by atoms with van der Waals surface area (Å²) in [7, 11) is 0. The summed E-state index contributed by atoms with van der Waals surface area (Å²) in [6, 6.07) is 6.85. The van der Waals surface area contributed by atoms with Gasteiger partial charge in [0.2, 0.25) is 0 Å². The van der Waals surface area contributed by atoms with Gasteiger partial charge in [-0.15, -0.1) is 0 Å². The third kappa shape index (κ3) is 1.64. The van der Waals surface area contributed by atoms with Crippen LogP contribution in [0.15, 0.2) is 24.3 Å². The minimum absolute atomic E-state index is 0.119. The van der Waals surface area contributed by atoms with Crippen molar-refractivity contribution in [2.75, 3.05) is 11.4 Å². The van der Waals surface area contributed by atoms with Crippen LogP contribution in [0.3, 0.4) is 0 Å². The van der Waals surface area contributed by atoms with Gasteiger partial charge in [-0.05, 0) is 31.4 Å². The number of benzene rings is 1. The second-order valence-electron chi connectivity index (χ2n) is 4.79. The molecule has 3 rings (SSSR count). The Labute approximate surface area is 99.8 Å². The third-order valence-electron chi connectivity index (χ3n) is 3.75. The van der Waals surface area contributed by atoms with Gasteiger partial charge in [0.15, 0.2) is 0 Å². The molecule has 1 amide bonds. The van der Waals surface area contributed by atoms with E-state index in [0.29, 0.717) is 12.2 Å². The van der Waals surface area contributed by atoms with Crippen LogP contribution in [0.4, 0.5) is 10.5 Å². The van der Waals surface area contributed by atoms with E-state index in [1.165, 1.54) is 4.90 Å². The Morgan fingerprint density at radius 3 is 2.59 bits per heavy atom. The van der Waals surface area contributed by atoms with Crippen LogP contribution in [-0.2, 0) is 4.74 Å². The van der Waals surface area contributed by atoms with Gasteiger partial charge in [-0.1, -0.05) is 12.1 Å². The van der Waals surface area contributed by atoms with E-state index in [2.05, 4.69) is 0 Å². The number of hydrogen-bond acceptors (Lipinski definition) is 3. The van der Waals surface area contributed by atoms with E-state index in [0.717, 1.165) is 25.7 Å². The van der Waals surface area contributed by atoms with E-state index >= 15 is 0 Å². The fourth-order valence-electron chi connectivity index (χ4n) is 2.53. The number of aromatic hydroxyl groups is 1. The number of para-hydroxylation sites is 2. The van der Waals surface area contributed by atoms with Gasteiger partial charge >= 0.3 is 6.09 Å². The van der Waals surface area contributed by atoms with E-state index < -0.39 is 0 Å². The maximum atomic E-state index is 11.9. The van der Waals surface area contributed by atoms with Crippen molar-refractivity contribution in [3.8, 4) is 5.75 Å². The number of carbonyl (C=O) groups excluding carboxylic acids is 1. The molecule has 1 saturated carbocycles. The zero-order valence-corrected chi connectivity index (χ0v) is 9.56. The molecule has 2 aliphatic rings. The summed E-state index contributed by atoms with van der Waals surface area (Å²) in [5.74, 6) is 0.119. The Balaban J connectivity index is 1.82. The molecule has 1 aromatic rings. The SMILES string of the molecule is O=C1OC2(CCC2)CCN1c1ccccc1O. The maximum absolute atomic E-state index is 11.9. The van der Waals surface area contributed by atoms with E-state index in [1.807, 2.05) is 0 Å². The Morgan fingerprint density at radius 2 is 2.00 bits per heavy atom. The van der Waals surface area contributed by atoms with Crippen molar-refractivity contribution in [3.63, 3.8) is 0 Å². The molecule has 1 heterocycles. The highest BCUT2D eigenvalue weighted by Crippen LogP contribution is 2.43. The lowest BCUT2D eigenvalue weighted by Gasteiger charge is -2.46. The largest absolute Gasteiger partial charge is 0.506 e. The molecule has 2 fully saturated rings. The van der Waals surface area contributed by atoms with E-state index in [-0.39, 0.29) is 17.4 Å². The fourth-order valence-corrected chi connectivity index (χ4v) is 2.53. The molecule has 1 N–H and O–H groups in total. The average Bonchev–Trinajstić information content (AvgIpc) is 2.28. The molecule has 0 bridgehead atoms. The van der Waals surface area contributed by atoms with Crippen LogP contribution in [0.1, 0.15) is 25.7 Å². The van der Waals surface area contributed by atoms with Gasteiger partial charge in [0.05, 0.1) is 5.69 Å². The summed E-state index contributed by atoms with van der Waals surface area (Å²) in [6.07, 6.45) is 3.62. The predicted octanol–water partition coefficient (Wildman–Crippen LogP) is 2.66. The van der Waals surface area contributed by atoms with Crippen molar-refractivity contribution >= 4 is 11.8 Å². The first kappa shape index (κ1) is 10.4. The summed E-state index contributed by atoms with van der Waals surface area (Å²) in [4.78, 5) is 13.5. The quantitative estimate of drug-likeness (QED) is 0.811. The highest BCUT2D eigenvalue weighted by Gasteiger charge is 2.45. The van der Waals surface area contributed by atoms with E-state index in [1.54, 1.807) is 24.3 Å². The first-order chi connectivity index (χ1) is 8.20. The number of phenols is 1. The van der Waals surface area contributed by atoms with E-state index in [9.17, 15) is 9.90 Å². The summed E-state index contributed by atoms with van der Waals surface area (Å²) in [5, 5.41) is 9.73. The second-order valence-corrected chi connectivity index (χ2v) is 4.79. The molecule has 1 aliphatic heterocycles. The minimum atomic E-state index is -0.336. The third-order valence-corrected chi connectivity index (χ3v) is 3.75. The normalized spacial score (nSPS) is 22.1. The molecule has 1 saturated heterocycles. The summed E-state index contributed by atoms with van der Waals surface area (Å²) in [6.45, 7) is 0.621. The number of amides is 1. The lowest BCUT2D eigenvalue weighted by molar-refractivity contribution is -0.0610. The number of hydrogen-bond donors (Lipinski definition) is 1. The van der Waals surface area contributed by atoms with Gasteiger partial charge in [-0.3, -0.25) is 4.90 Å². The van der Waals surface area contributed by atoms with E-state index in [4.69, 9.17) is 4.74 Å². The fraction of sp³-hybridized carbons (Fsp3) is 0.462. The van der Waals surface area contributed by atoms with Gasteiger partial charge in [0.25, 0.3) is 0 Å². The lowest BCUT2D eigenvalue weighted by Crippen LogP contribution is -2.53. The van der Waals surface area contributed by atoms with Crippen molar-refractivity contribution in [2.24, 2.45) is 0 Å².